The van der Waals surface area contributed by atoms with Crippen LogP contribution in [0.15, 0.2) is 229 Å². The second-order valence-electron chi connectivity index (χ2n) is 24.0. The minimum atomic E-state index is -0.152. The van der Waals surface area contributed by atoms with Crippen LogP contribution in [0.5, 0.6) is 0 Å². The molecule has 2 heterocycles. The van der Waals surface area contributed by atoms with Crippen LogP contribution in [0.4, 0.5) is 0 Å². The third-order valence-electron chi connectivity index (χ3n) is 20.8. The highest BCUT2D eigenvalue weighted by atomic mass is 16.3. The van der Waals surface area contributed by atoms with Gasteiger partial charge in [0.1, 0.15) is 11.2 Å². The number of hydrogen-bond donors (Lipinski definition) is 0. The molecule has 18 rings (SSSR count). The predicted octanol–water partition coefficient (Wildman–Crippen LogP) is 19.1. The van der Waals surface area contributed by atoms with Gasteiger partial charge in [-0.1, -0.05) is 182 Å². The SMILES string of the molecule is c1ccc(-n2c3ccc(-c4cccc5c4-c4ccccc4C4CC67CC(CCC89CC(CC5(C4)C86)c4ccccc4-c4ccccc49)c4ccccc4-c4ccccc47)cc3c3cc4c(cc32)oc2ccccc24)cc1. The minimum absolute atomic E-state index is 0.0672. The van der Waals surface area contributed by atoms with Gasteiger partial charge < -0.3 is 8.98 Å². The molecule has 6 aliphatic rings. The molecule has 0 N–H and O–H groups in total. The van der Waals surface area contributed by atoms with Crippen LogP contribution in [0.1, 0.15) is 96.1 Å². The van der Waals surface area contributed by atoms with E-state index in [0.29, 0.717) is 23.7 Å². The Morgan fingerprint density at radius 3 is 1.64 bits per heavy atom. The van der Waals surface area contributed by atoms with Crippen molar-refractivity contribution in [3.05, 3.63) is 258 Å². The van der Waals surface area contributed by atoms with Crippen molar-refractivity contribution in [3.63, 3.8) is 0 Å². The standard InChI is InChI=1S/C74H55NO/c1-2-17-49(18-3-1)75-66-34-33-45(37-60(66)61-38-62-58-26-12-15-32-68(58)76-69(62)39-67(61)75)53-28-16-31-65-70(53)59-27-9-6-21-52(59)48-42-73-40-46(50-19-4-7-22-54(50)57-25-11-14-30-64(57)73)35-36-72-41-47(43-74(65,44-48)71(72)73)51-20-5-8-23-55(51)56-24-10-13-29-63(56)72/h1-34,37-39,46-48,71H,35-36,40-44H2. The summed E-state index contributed by atoms with van der Waals surface area (Å²) in [5.74, 6) is 1.61. The monoisotopic (exact) mass is 973 g/mol. The fourth-order valence-electron chi connectivity index (χ4n) is 18.7. The predicted molar refractivity (Wildman–Crippen MR) is 312 cm³/mol. The molecular formula is C74H55NO. The summed E-state index contributed by atoms with van der Waals surface area (Å²) in [6, 6.07) is 87.8. The maximum Gasteiger partial charge on any atom is 0.137 e. The van der Waals surface area contributed by atoms with Gasteiger partial charge in [0.05, 0.1) is 11.0 Å². The average molecular weight is 974 g/mol. The Morgan fingerprint density at radius 2 is 0.895 bits per heavy atom. The van der Waals surface area contributed by atoms with Crippen molar-refractivity contribution in [1.82, 2.24) is 4.57 Å². The molecule has 6 bridgehead atoms. The number of para-hydroxylation sites is 2. The van der Waals surface area contributed by atoms with Crippen molar-refractivity contribution in [3.8, 4) is 50.2 Å². The first kappa shape index (κ1) is 42.1. The van der Waals surface area contributed by atoms with Gasteiger partial charge in [-0.3, -0.25) is 0 Å². The van der Waals surface area contributed by atoms with E-state index < -0.39 is 0 Å². The van der Waals surface area contributed by atoms with E-state index in [9.17, 15) is 0 Å². The number of nitrogens with zero attached hydrogens (tertiary/aromatic N) is 1. The highest BCUT2D eigenvalue weighted by Gasteiger charge is 2.71. The van der Waals surface area contributed by atoms with Crippen molar-refractivity contribution >= 4 is 43.7 Å². The number of furan rings is 1. The van der Waals surface area contributed by atoms with Crippen LogP contribution in [-0.4, -0.2) is 4.57 Å². The van der Waals surface area contributed by atoms with Gasteiger partial charge in [0.25, 0.3) is 0 Å². The Hall–Kier alpha value is -8.20. The molecule has 0 aliphatic heterocycles. The fraction of sp³-hybridized carbons (Fsp3) is 0.189. The second kappa shape index (κ2) is 15.0. The maximum absolute atomic E-state index is 6.59. The van der Waals surface area contributed by atoms with Gasteiger partial charge in [0.2, 0.25) is 0 Å². The van der Waals surface area contributed by atoms with Crippen LogP contribution in [0, 0.1) is 5.92 Å². The van der Waals surface area contributed by atoms with E-state index in [0.717, 1.165) is 52.4 Å². The normalized spacial score (nSPS) is 25.2. The zero-order valence-corrected chi connectivity index (χ0v) is 42.5. The lowest BCUT2D eigenvalue weighted by atomic mass is 9.36. The number of fused-ring (bicyclic) bond motifs is 21. The van der Waals surface area contributed by atoms with Gasteiger partial charge in [0.15, 0.2) is 0 Å². The molecule has 3 fully saturated rings. The van der Waals surface area contributed by atoms with Crippen LogP contribution in [-0.2, 0) is 16.2 Å². The van der Waals surface area contributed by atoms with Crippen molar-refractivity contribution in [2.75, 3.05) is 0 Å². The van der Waals surface area contributed by atoms with Crippen LogP contribution in [0.2, 0.25) is 0 Å². The Kier molecular flexibility index (Phi) is 8.31. The Balaban J connectivity index is 0.955. The first-order valence-electron chi connectivity index (χ1n) is 28.1. The van der Waals surface area contributed by atoms with Crippen LogP contribution in [0.25, 0.3) is 93.9 Å². The van der Waals surface area contributed by atoms with Gasteiger partial charge in [-0.15, -0.1) is 0 Å². The lowest BCUT2D eigenvalue weighted by Crippen LogP contribution is -2.64. The maximum atomic E-state index is 6.59. The van der Waals surface area contributed by atoms with E-state index in [1.807, 2.05) is 0 Å². The molecule has 362 valence electrons. The van der Waals surface area contributed by atoms with E-state index in [1.165, 1.54) is 86.5 Å². The summed E-state index contributed by atoms with van der Waals surface area (Å²) >= 11 is 0. The van der Waals surface area contributed by atoms with Gasteiger partial charge in [-0.2, -0.15) is 0 Å². The molecule has 0 saturated heterocycles. The topological polar surface area (TPSA) is 18.1 Å². The van der Waals surface area contributed by atoms with Crippen molar-refractivity contribution in [1.29, 1.82) is 0 Å². The molecular weight excluding hydrogens is 919 g/mol. The van der Waals surface area contributed by atoms with E-state index >= 15 is 0 Å². The number of benzene rings is 10. The lowest BCUT2D eigenvalue weighted by molar-refractivity contribution is -0.0410. The highest BCUT2D eigenvalue weighted by molar-refractivity contribution is 6.18. The second-order valence-corrected chi connectivity index (χ2v) is 24.0. The first-order valence-corrected chi connectivity index (χ1v) is 28.1. The molecule has 2 aromatic heterocycles. The van der Waals surface area contributed by atoms with E-state index in [2.05, 4.69) is 229 Å². The van der Waals surface area contributed by atoms with Gasteiger partial charge in [-0.05, 0) is 183 Å². The highest BCUT2D eigenvalue weighted by Crippen LogP contribution is 2.78. The minimum Gasteiger partial charge on any atom is -0.456 e. The van der Waals surface area contributed by atoms with E-state index in [-0.39, 0.29) is 16.2 Å². The molecule has 7 atom stereocenters. The smallest absolute Gasteiger partial charge is 0.137 e. The number of rotatable bonds is 2. The third kappa shape index (κ3) is 5.32. The summed E-state index contributed by atoms with van der Waals surface area (Å²) in [6.45, 7) is 0. The van der Waals surface area contributed by atoms with Gasteiger partial charge in [-0.25, -0.2) is 0 Å². The van der Waals surface area contributed by atoms with Gasteiger partial charge in [0, 0.05) is 49.5 Å². The summed E-state index contributed by atoms with van der Waals surface area (Å²) in [6.07, 6.45) is 8.23. The number of aromatic nitrogens is 1. The number of hydrogen-bond acceptors (Lipinski definition) is 1. The summed E-state index contributed by atoms with van der Waals surface area (Å²) < 4.78 is 9.04. The van der Waals surface area contributed by atoms with Crippen molar-refractivity contribution in [2.45, 2.75) is 78.9 Å². The van der Waals surface area contributed by atoms with Crippen LogP contribution < -0.4 is 0 Å². The summed E-state index contributed by atoms with van der Waals surface area (Å²) in [4.78, 5) is 0. The third-order valence-corrected chi connectivity index (χ3v) is 20.8. The molecule has 10 aromatic carbocycles. The molecule has 0 radical (unpaired) electrons. The lowest BCUT2D eigenvalue weighted by Gasteiger charge is -2.67. The summed E-state index contributed by atoms with van der Waals surface area (Å²) in [5, 5.41) is 4.83. The summed E-state index contributed by atoms with van der Waals surface area (Å²) in [7, 11) is 0. The molecule has 7 unspecified atom stereocenters. The molecule has 3 saturated carbocycles. The zero-order chi connectivity index (χ0) is 49.5. The molecule has 2 heteroatoms. The van der Waals surface area contributed by atoms with Crippen LogP contribution >= 0.6 is 0 Å². The van der Waals surface area contributed by atoms with Gasteiger partial charge >= 0.3 is 0 Å². The zero-order valence-electron chi connectivity index (χ0n) is 42.5. The average Bonchev–Trinajstić information content (AvgIpc) is 3.49. The fourth-order valence-corrected chi connectivity index (χ4v) is 18.7. The summed E-state index contributed by atoms with van der Waals surface area (Å²) in [5.41, 5.74) is 25.9. The Morgan fingerprint density at radius 1 is 0.355 bits per heavy atom. The Bertz CT molecular complexity index is 4460. The molecule has 2 nitrogen and oxygen atoms in total. The quantitative estimate of drug-likeness (QED) is 0.169. The molecule has 6 aliphatic carbocycles. The van der Waals surface area contributed by atoms with Crippen molar-refractivity contribution in [2.24, 2.45) is 5.92 Å². The molecule has 0 amide bonds. The van der Waals surface area contributed by atoms with E-state index in [1.54, 1.807) is 33.4 Å². The molecule has 3 spiro atoms. The molecule has 12 aromatic rings. The van der Waals surface area contributed by atoms with Crippen molar-refractivity contribution < 1.29 is 4.42 Å². The van der Waals surface area contributed by atoms with Crippen LogP contribution in [0.3, 0.4) is 0 Å². The largest absolute Gasteiger partial charge is 0.456 e. The first-order chi connectivity index (χ1) is 37.6. The van der Waals surface area contributed by atoms with E-state index in [4.69, 9.17) is 4.42 Å². The Labute approximate surface area is 443 Å². The molecule has 76 heavy (non-hydrogen) atoms.